The molecule has 1 N–H and O–H groups in total. The zero-order valence-electron chi connectivity index (χ0n) is 15.6. The van der Waals surface area contributed by atoms with E-state index in [0.29, 0.717) is 19.6 Å². The summed E-state index contributed by atoms with van der Waals surface area (Å²) in [4.78, 5) is 35.9. The van der Waals surface area contributed by atoms with Crippen LogP contribution in [0.15, 0.2) is 36.8 Å². The van der Waals surface area contributed by atoms with Gasteiger partial charge in [-0.25, -0.2) is 4.98 Å². The molecule has 2 aliphatic rings. The molecule has 1 atom stereocenters. The molecular formula is C20H25N5O2. The van der Waals surface area contributed by atoms with Crippen molar-refractivity contribution in [3.8, 4) is 0 Å². The summed E-state index contributed by atoms with van der Waals surface area (Å²) in [6.07, 6.45) is 8.41. The molecule has 1 aliphatic heterocycles. The lowest BCUT2D eigenvalue weighted by Crippen LogP contribution is -2.45. The van der Waals surface area contributed by atoms with E-state index in [1.165, 1.54) is 0 Å². The number of amides is 2. The van der Waals surface area contributed by atoms with E-state index in [0.717, 1.165) is 30.8 Å². The lowest BCUT2D eigenvalue weighted by molar-refractivity contribution is -0.131. The first kappa shape index (κ1) is 17.7. The van der Waals surface area contributed by atoms with E-state index in [-0.39, 0.29) is 29.7 Å². The van der Waals surface area contributed by atoms with Gasteiger partial charge in [-0.15, -0.1) is 0 Å². The minimum Gasteiger partial charge on any atom is -0.350 e. The van der Waals surface area contributed by atoms with Crippen molar-refractivity contribution in [2.45, 2.75) is 39.3 Å². The smallest absolute Gasteiger partial charge is 0.242 e. The molecule has 142 valence electrons. The Morgan fingerprint density at radius 1 is 1.26 bits per heavy atom. The van der Waals surface area contributed by atoms with Crippen molar-refractivity contribution < 1.29 is 9.59 Å². The number of pyridine rings is 1. The Bertz CT molecular complexity index is 828. The number of hydrogen-bond acceptors (Lipinski definition) is 4. The molecule has 2 amide bonds. The molecule has 0 aromatic carbocycles. The van der Waals surface area contributed by atoms with Gasteiger partial charge in [0.2, 0.25) is 11.8 Å². The van der Waals surface area contributed by atoms with E-state index in [4.69, 9.17) is 0 Å². The number of carbonyl (C=O) groups is 2. The number of hydrogen-bond donors (Lipinski definition) is 1. The summed E-state index contributed by atoms with van der Waals surface area (Å²) in [6.45, 7) is 3.78. The Morgan fingerprint density at radius 3 is 2.74 bits per heavy atom. The minimum absolute atomic E-state index is 0.0365. The lowest BCUT2D eigenvalue weighted by atomic mass is 9.62. The Kier molecular flexibility index (Phi) is 4.68. The van der Waals surface area contributed by atoms with Gasteiger partial charge in [-0.2, -0.15) is 0 Å². The highest BCUT2D eigenvalue weighted by atomic mass is 16.2. The first-order valence-electron chi connectivity index (χ1n) is 9.50. The molecule has 0 radical (unpaired) electrons. The van der Waals surface area contributed by atoms with Crippen molar-refractivity contribution in [2.75, 3.05) is 13.1 Å². The number of rotatable bonds is 5. The van der Waals surface area contributed by atoms with Gasteiger partial charge in [0, 0.05) is 37.1 Å². The standard InChI is InChI=1S/C20H25N5O2/c1-15-21-9-10-24(15)13-18(26)25-12-17(20(14-25)6-4-7-20)19(27)23-11-16-5-2-3-8-22-16/h2-3,5,8-10,17H,4,6-7,11-14H2,1H3,(H,23,27). The number of nitrogens with one attached hydrogen (secondary N) is 1. The number of likely N-dealkylation sites (tertiary alicyclic amines) is 1. The summed E-state index contributed by atoms with van der Waals surface area (Å²) >= 11 is 0. The van der Waals surface area contributed by atoms with Crippen molar-refractivity contribution in [1.29, 1.82) is 0 Å². The first-order valence-corrected chi connectivity index (χ1v) is 9.50. The van der Waals surface area contributed by atoms with E-state index < -0.39 is 0 Å². The molecule has 7 heteroatoms. The zero-order valence-corrected chi connectivity index (χ0v) is 15.6. The summed E-state index contributed by atoms with van der Waals surface area (Å²) in [6, 6.07) is 5.67. The molecule has 2 fully saturated rings. The van der Waals surface area contributed by atoms with Gasteiger partial charge in [0.15, 0.2) is 0 Å². The molecule has 2 aromatic heterocycles. The molecule has 1 saturated carbocycles. The Morgan fingerprint density at radius 2 is 2.11 bits per heavy atom. The van der Waals surface area contributed by atoms with Crippen molar-refractivity contribution in [3.05, 3.63) is 48.3 Å². The van der Waals surface area contributed by atoms with Gasteiger partial charge in [-0.05, 0) is 31.9 Å². The number of carbonyl (C=O) groups excluding carboxylic acids is 2. The lowest BCUT2D eigenvalue weighted by Gasteiger charge is -2.41. The Hall–Kier alpha value is -2.70. The van der Waals surface area contributed by atoms with Gasteiger partial charge in [0.1, 0.15) is 12.4 Å². The second-order valence-corrected chi connectivity index (χ2v) is 7.68. The predicted octanol–water partition coefficient (Wildman–Crippen LogP) is 1.53. The maximum atomic E-state index is 12.9. The Labute approximate surface area is 158 Å². The maximum absolute atomic E-state index is 12.9. The minimum atomic E-state index is -0.136. The largest absolute Gasteiger partial charge is 0.350 e. The average molecular weight is 367 g/mol. The molecular weight excluding hydrogens is 342 g/mol. The van der Waals surface area contributed by atoms with Crippen molar-refractivity contribution >= 4 is 11.8 Å². The van der Waals surface area contributed by atoms with E-state index in [1.807, 2.05) is 40.8 Å². The number of imidazole rings is 1. The molecule has 7 nitrogen and oxygen atoms in total. The van der Waals surface area contributed by atoms with Gasteiger partial charge in [0.05, 0.1) is 18.2 Å². The first-order chi connectivity index (χ1) is 13.1. The Balaban J connectivity index is 1.41. The van der Waals surface area contributed by atoms with Crippen LogP contribution in [0.1, 0.15) is 30.8 Å². The average Bonchev–Trinajstić information content (AvgIpc) is 3.25. The summed E-state index contributed by atoms with van der Waals surface area (Å²) < 4.78 is 1.85. The van der Waals surface area contributed by atoms with Crippen LogP contribution < -0.4 is 5.32 Å². The summed E-state index contributed by atoms with van der Waals surface area (Å²) in [7, 11) is 0. The van der Waals surface area contributed by atoms with E-state index >= 15 is 0 Å². The highest BCUT2D eigenvalue weighted by molar-refractivity contribution is 5.83. The van der Waals surface area contributed by atoms with Crippen LogP contribution >= 0.6 is 0 Å². The molecule has 27 heavy (non-hydrogen) atoms. The van der Waals surface area contributed by atoms with Crippen molar-refractivity contribution in [2.24, 2.45) is 11.3 Å². The van der Waals surface area contributed by atoms with E-state index in [9.17, 15) is 9.59 Å². The molecule has 0 bridgehead atoms. The summed E-state index contributed by atoms with van der Waals surface area (Å²) in [5.74, 6) is 0.783. The van der Waals surface area contributed by atoms with Crippen molar-refractivity contribution in [3.63, 3.8) is 0 Å². The topological polar surface area (TPSA) is 80.1 Å². The van der Waals surface area contributed by atoms with Crippen LogP contribution in [0.2, 0.25) is 0 Å². The van der Waals surface area contributed by atoms with Crippen LogP contribution in [0.25, 0.3) is 0 Å². The SMILES string of the molecule is Cc1nccn1CC(=O)N1CC(C(=O)NCc2ccccn2)C2(CCC2)C1. The van der Waals surface area contributed by atoms with Gasteiger partial charge >= 0.3 is 0 Å². The van der Waals surface area contributed by atoms with Crippen LogP contribution in [-0.4, -0.2) is 44.3 Å². The number of aromatic nitrogens is 3. The molecule has 2 aromatic rings. The quantitative estimate of drug-likeness (QED) is 0.869. The number of aryl methyl sites for hydroxylation is 1. The third-order valence-corrected chi connectivity index (χ3v) is 6.07. The van der Waals surface area contributed by atoms with Crippen LogP contribution in [-0.2, 0) is 22.7 Å². The fraction of sp³-hybridized carbons (Fsp3) is 0.500. The molecule has 1 aliphatic carbocycles. The molecule has 1 spiro atoms. The predicted molar refractivity (Wildman–Crippen MR) is 99.4 cm³/mol. The third kappa shape index (κ3) is 3.46. The van der Waals surface area contributed by atoms with Gasteiger partial charge in [0.25, 0.3) is 0 Å². The third-order valence-electron chi connectivity index (χ3n) is 6.07. The van der Waals surface area contributed by atoms with Crippen molar-refractivity contribution in [1.82, 2.24) is 24.8 Å². The molecule has 1 unspecified atom stereocenters. The van der Waals surface area contributed by atoms with Crippen LogP contribution in [0.4, 0.5) is 0 Å². The normalized spacial score (nSPS) is 20.5. The molecule has 3 heterocycles. The number of nitrogens with zero attached hydrogens (tertiary/aromatic N) is 4. The summed E-state index contributed by atoms with van der Waals surface area (Å²) in [5.41, 5.74) is 0.795. The fourth-order valence-electron chi connectivity index (χ4n) is 4.28. The summed E-state index contributed by atoms with van der Waals surface area (Å²) in [5, 5.41) is 3.02. The monoisotopic (exact) mass is 367 g/mol. The highest BCUT2D eigenvalue weighted by Gasteiger charge is 2.54. The second-order valence-electron chi connectivity index (χ2n) is 7.68. The zero-order chi connectivity index (χ0) is 18.9. The van der Waals surface area contributed by atoms with Crippen LogP contribution in [0, 0.1) is 18.3 Å². The van der Waals surface area contributed by atoms with E-state index in [1.54, 1.807) is 12.4 Å². The highest BCUT2D eigenvalue weighted by Crippen LogP contribution is 2.51. The molecule has 1 saturated heterocycles. The van der Waals surface area contributed by atoms with Crippen LogP contribution in [0.3, 0.4) is 0 Å². The second kappa shape index (κ2) is 7.13. The van der Waals surface area contributed by atoms with Crippen LogP contribution in [0.5, 0.6) is 0 Å². The van der Waals surface area contributed by atoms with E-state index in [2.05, 4.69) is 15.3 Å². The maximum Gasteiger partial charge on any atom is 0.242 e. The van der Waals surface area contributed by atoms with Gasteiger partial charge in [-0.1, -0.05) is 12.5 Å². The molecule has 4 rings (SSSR count). The fourth-order valence-corrected chi connectivity index (χ4v) is 4.28. The van der Waals surface area contributed by atoms with Gasteiger partial charge < -0.3 is 14.8 Å². The van der Waals surface area contributed by atoms with Gasteiger partial charge in [-0.3, -0.25) is 14.6 Å².